The van der Waals surface area contributed by atoms with Gasteiger partial charge in [-0.1, -0.05) is 18.2 Å². The Labute approximate surface area is 115 Å². The smallest absolute Gasteiger partial charge is 0.290 e. The Morgan fingerprint density at radius 2 is 2.10 bits per heavy atom. The molecule has 6 heteroatoms. The van der Waals surface area contributed by atoms with Crippen molar-refractivity contribution in [1.29, 1.82) is 0 Å². The van der Waals surface area contributed by atoms with E-state index in [0.29, 0.717) is 18.7 Å². The molecule has 0 saturated carbocycles. The molecule has 0 unspecified atom stereocenters. The molecule has 1 aromatic carbocycles. The predicted octanol–water partition coefficient (Wildman–Crippen LogP) is 0.759. The summed E-state index contributed by atoms with van der Waals surface area (Å²) in [7, 11) is 0. The van der Waals surface area contributed by atoms with Crippen molar-refractivity contribution < 1.29 is 18.7 Å². The third kappa shape index (κ3) is 2.14. The number of morpholine rings is 1. The van der Waals surface area contributed by atoms with E-state index >= 15 is 0 Å². The van der Waals surface area contributed by atoms with Crippen molar-refractivity contribution >= 4 is 22.8 Å². The molecule has 2 amide bonds. The zero-order chi connectivity index (χ0) is 14.1. The Bertz CT molecular complexity index is 631. The van der Waals surface area contributed by atoms with Gasteiger partial charge in [0.15, 0.2) is 5.76 Å². The lowest BCUT2D eigenvalue weighted by Crippen LogP contribution is -2.54. The van der Waals surface area contributed by atoms with Crippen molar-refractivity contribution in [3.63, 3.8) is 0 Å². The monoisotopic (exact) mass is 274 g/mol. The molecular weight excluding hydrogens is 260 g/mol. The van der Waals surface area contributed by atoms with Crippen LogP contribution in [0.1, 0.15) is 10.6 Å². The molecule has 104 valence electrons. The average molecular weight is 274 g/mol. The summed E-state index contributed by atoms with van der Waals surface area (Å²) < 4.78 is 10.7. The number of hydrogen-bond acceptors (Lipinski definition) is 4. The van der Waals surface area contributed by atoms with Gasteiger partial charge < -0.3 is 19.8 Å². The first-order valence-corrected chi connectivity index (χ1v) is 6.33. The number of nitrogens with two attached hydrogens (primary N) is 1. The number of fused-ring (bicyclic) bond motifs is 1. The molecule has 1 saturated heterocycles. The van der Waals surface area contributed by atoms with E-state index in [1.807, 2.05) is 18.2 Å². The van der Waals surface area contributed by atoms with Gasteiger partial charge >= 0.3 is 0 Å². The van der Waals surface area contributed by atoms with Gasteiger partial charge in [0, 0.05) is 11.9 Å². The van der Waals surface area contributed by atoms with Crippen molar-refractivity contribution in [2.24, 2.45) is 5.73 Å². The lowest BCUT2D eigenvalue weighted by Gasteiger charge is -2.32. The highest BCUT2D eigenvalue weighted by Gasteiger charge is 2.33. The summed E-state index contributed by atoms with van der Waals surface area (Å²) in [6, 6.07) is 8.28. The summed E-state index contributed by atoms with van der Waals surface area (Å²) in [5.74, 6) is -0.707. The Morgan fingerprint density at radius 3 is 2.85 bits per heavy atom. The van der Waals surface area contributed by atoms with Crippen molar-refractivity contribution in [2.45, 2.75) is 6.04 Å². The van der Waals surface area contributed by atoms with Gasteiger partial charge in [-0.15, -0.1) is 0 Å². The average Bonchev–Trinajstić information content (AvgIpc) is 2.90. The van der Waals surface area contributed by atoms with E-state index in [-0.39, 0.29) is 18.3 Å². The first-order valence-electron chi connectivity index (χ1n) is 6.33. The number of carbonyl (C=O) groups excluding carboxylic acids is 2. The van der Waals surface area contributed by atoms with E-state index in [0.717, 1.165) is 5.39 Å². The number of hydrogen-bond donors (Lipinski definition) is 1. The summed E-state index contributed by atoms with van der Waals surface area (Å²) in [6.07, 6.45) is 0. The second-order valence-electron chi connectivity index (χ2n) is 4.64. The fraction of sp³-hybridized carbons (Fsp3) is 0.286. The van der Waals surface area contributed by atoms with Crippen LogP contribution in [0.4, 0.5) is 0 Å². The largest absolute Gasteiger partial charge is 0.451 e. The van der Waals surface area contributed by atoms with E-state index in [9.17, 15) is 9.59 Å². The molecule has 2 heterocycles. The zero-order valence-corrected chi connectivity index (χ0v) is 10.7. The molecule has 3 rings (SSSR count). The second-order valence-corrected chi connectivity index (χ2v) is 4.64. The van der Waals surface area contributed by atoms with Gasteiger partial charge in [-0.05, 0) is 12.1 Å². The summed E-state index contributed by atoms with van der Waals surface area (Å²) in [5.41, 5.74) is 5.94. The molecule has 1 aromatic heterocycles. The summed E-state index contributed by atoms with van der Waals surface area (Å²) in [6.45, 7) is 0.834. The minimum atomic E-state index is -0.746. The molecular formula is C14H14N2O4. The van der Waals surface area contributed by atoms with Crippen LogP contribution in [-0.2, 0) is 9.53 Å². The van der Waals surface area contributed by atoms with E-state index in [1.165, 1.54) is 4.90 Å². The molecule has 1 atom stereocenters. The molecule has 0 spiro atoms. The van der Waals surface area contributed by atoms with E-state index in [2.05, 4.69) is 0 Å². The van der Waals surface area contributed by atoms with Crippen LogP contribution in [-0.4, -0.2) is 42.5 Å². The maximum atomic E-state index is 12.5. The van der Waals surface area contributed by atoms with Crippen LogP contribution in [0.5, 0.6) is 0 Å². The molecule has 0 radical (unpaired) electrons. The molecule has 1 aliphatic rings. The van der Waals surface area contributed by atoms with Crippen molar-refractivity contribution in [3.05, 3.63) is 36.1 Å². The van der Waals surface area contributed by atoms with Gasteiger partial charge in [0.05, 0.1) is 13.2 Å². The maximum Gasteiger partial charge on any atom is 0.290 e. The maximum absolute atomic E-state index is 12.5. The summed E-state index contributed by atoms with van der Waals surface area (Å²) in [4.78, 5) is 25.2. The number of carbonyl (C=O) groups is 2. The summed E-state index contributed by atoms with van der Waals surface area (Å²) >= 11 is 0. The van der Waals surface area contributed by atoms with Gasteiger partial charge in [-0.25, -0.2) is 0 Å². The minimum Gasteiger partial charge on any atom is -0.451 e. The van der Waals surface area contributed by atoms with Crippen LogP contribution in [0.3, 0.4) is 0 Å². The topological polar surface area (TPSA) is 85.8 Å². The predicted molar refractivity (Wildman–Crippen MR) is 71.1 cm³/mol. The molecule has 2 N–H and O–H groups in total. The number of nitrogens with zero attached hydrogens (tertiary/aromatic N) is 1. The third-order valence-electron chi connectivity index (χ3n) is 3.35. The molecule has 20 heavy (non-hydrogen) atoms. The number of primary amides is 1. The molecule has 1 aliphatic heterocycles. The second kappa shape index (κ2) is 4.97. The molecule has 1 fully saturated rings. The molecule has 2 aromatic rings. The summed E-state index contributed by atoms with van der Waals surface area (Å²) in [5, 5.41) is 0.847. The molecule has 0 bridgehead atoms. The van der Waals surface area contributed by atoms with Gasteiger partial charge in [-0.3, -0.25) is 9.59 Å². The van der Waals surface area contributed by atoms with E-state index < -0.39 is 11.9 Å². The van der Waals surface area contributed by atoms with Crippen molar-refractivity contribution in [3.8, 4) is 0 Å². The third-order valence-corrected chi connectivity index (χ3v) is 3.35. The fourth-order valence-electron chi connectivity index (χ4n) is 2.31. The SMILES string of the molecule is NC(=O)[C@H]1COCCN1C(=O)c1cc2ccccc2o1. The number of para-hydroxylation sites is 1. The molecule has 6 nitrogen and oxygen atoms in total. The highest BCUT2D eigenvalue weighted by atomic mass is 16.5. The Hall–Kier alpha value is -2.34. The first kappa shape index (κ1) is 12.7. The van der Waals surface area contributed by atoms with Gasteiger partial charge in [-0.2, -0.15) is 0 Å². The van der Waals surface area contributed by atoms with Gasteiger partial charge in [0.1, 0.15) is 11.6 Å². The fourth-order valence-corrected chi connectivity index (χ4v) is 2.31. The number of benzene rings is 1. The van der Waals surface area contributed by atoms with Crippen molar-refractivity contribution in [1.82, 2.24) is 4.90 Å². The first-order chi connectivity index (χ1) is 9.66. The van der Waals surface area contributed by atoms with E-state index in [4.69, 9.17) is 14.9 Å². The zero-order valence-electron chi connectivity index (χ0n) is 10.7. The highest BCUT2D eigenvalue weighted by Crippen LogP contribution is 2.21. The minimum absolute atomic E-state index is 0.126. The lowest BCUT2D eigenvalue weighted by molar-refractivity contribution is -0.127. The van der Waals surface area contributed by atoms with Gasteiger partial charge in [0.25, 0.3) is 5.91 Å². The lowest BCUT2D eigenvalue weighted by atomic mass is 10.2. The molecule has 0 aliphatic carbocycles. The van der Waals surface area contributed by atoms with Crippen LogP contribution >= 0.6 is 0 Å². The van der Waals surface area contributed by atoms with Crippen molar-refractivity contribution in [2.75, 3.05) is 19.8 Å². The van der Waals surface area contributed by atoms with Crippen LogP contribution in [0, 0.1) is 0 Å². The number of ether oxygens (including phenoxy) is 1. The van der Waals surface area contributed by atoms with Crippen LogP contribution < -0.4 is 5.73 Å². The Kier molecular flexibility index (Phi) is 3.15. The Balaban J connectivity index is 1.92. The quantitative estimate of drug-likeness (QED) is 0.876. The number of rotatable bonds is 2. The van der Waals surface area contributed by atoms with Crippen LogP contribution in [0.2, 0.25) is 0 Å². The van der Waals surface area contributed by atoms with Crippen LogP contribution in [0.25, 0.3) is 11.0 Å². The number of amides is 2. The Morgan fingerprint density at radius 1 is 1.30 bits per heavy atom. The number of furan rings is 1. The normalized spacial score (nSPS) is 19.2. The standard InChI is InChI=1S/C14H14N2O4/c15-13(17)10-8-19-6-5-16(10)14(18)12-7-9-3-1-2-4-11(9)20-12/h1-4,7,10H,5-6,8H2,(H2,15,17)/t10-/m1/s1. The van der Waals surface area contributed by atoms with E-state index in [1.54, 1.807) is 12.1 Å². The van der Waals surface area contributed by atoms with Gasteiger partial charge in [0.2, 0.25) is 5.91 Å². The highest BCUT2D eigenvalue weighted by molar-refractivity contribution is 5.98. The van der Waals surface area contributed by atoms with Crippen LogP contribution in [0.15, 0.2) is 34.7 Å².